The molecule has 0 aliphatic heterocycles. The van der Waals surface area contributed by atoms with Crippen LogP contribution >= 0.6 is 0 Å². The summed E-state index contributed by atoms with van der Waals surface area (Å²) in [7, 11) is 3.55. The van der Waals surface area contributed by atoms with Crippen molar-refractivity contribution in [2.24, 2.45) is 12.2 Å². The Labute approximate surface area is 198 Å². The number of ether oxygens (including phenoxy) is 1. The Morgan fingerprint density at radius 3 is 2.50 bits per heavy atom. The predicted octanol–water partition coefficient (Wildman–Crippen LogP) is 5.67. The number of oxime groups is 1. The van der Waals surface area contributed by atoms with Gasteiger partial charge in [0.1, 0.15) is 28.9 Å². The van der Waals surface area contributed by atoms with E-state index in [0.717, 1.165) is 50.2 Å². The van der Waals surface area contributed by atoms with Crippen molar-refractivity contribution in [2.45, 2.75) is 47.5 Å². The first-order valence-electron chi connectivity index (χ1n) is 11.2. The summed E-state index contributed by atoms with van der Waals surface area (Å²) in [5.41, 5.74) is 5.81. The average molecular weight is 462 g/mol. The highest BCUT2D eigenvalue weighted by atomic mass is 16.5. The van der Waals surface area contributed by atoms with Crippen molar-refractivity contribution in [3.8, 4) is 5.75 Å². The highest BCUT2D eigenvalue weighted by Crippen LogP contribution is 2.38. The van der Waals surface area contributed by atoms with Crippen LogP contribution < -0.4 is 10.1 Å². The Morgan fingerprint density at radius 2 is 1.91 bits per heavy atom. The molecule has 0 unspecified atom stereocenters. The van der Waals surface area contributed by atoms with Gasteiger partial charge in [0.2, 0.25) is 0 Å². The fraction of sp³-hybridized carbons (Fsp3) is 0.360. The van der Waals surface area contributed by atoms with Crippen LogP contribution in [0.4, 0.5) is 11.6 Å². The van der Waals surface area contributed by atoms with Crippen LogP contribution in [0.15, 0.2) is 28.9 Å². The number of rotatable bonds is 6. The lowest BCUT2D eigenvalue weighted by Crippen LogP contribution is -2.03. The van der Waals surface area contributed by atoms with E-state index in [2.05, 4.69) is 39.4 Å². The van der Waals surface area contributed by atoms with Gasteiger partial charge in [0.25, 0.3) is 0 Å². The molecule has 0 fully saturated rings. The number of methoxy groups -OCH3 is 1. The van der Waals surface area contributed by atoms with E-state index in [1.54, 1.807) is 14.0 Å². The van der Waals surface area contributed by atoms with Crippen LogP contribution in [0.25, 0.3) is 27.5 Å². The molecule has 9 heteroatoms. The number of H-pyrrole nitrogens is 1. The van der Waals surface area contributed by atoms with Crippen molar-refractivity contribution < 1.29 is 9.94 Å². The number of aromatic nitrogens is 5. The topological polar surface area (TPSA) is 113 Å². The number of nitrogens with one attached hydrogen (secondary N) is 2. The van der Waals surface area contributed by atoms with Crippen LogP contribution in [-0.4, -0.2) is 42.8 Å². The Hall–Kier alpha value is -3.88. The van der Waals surface area contributed by atoms with Gasteiger partial charge in [-0.25, -0.2) is 9.97 Å². The monoisotopic (exact) mass is 461 g/mol. The third-order valence-electron chi connectivity index (χ3n) is 5.90. The Kier molecular flexibility index (Phi) is 6.03. The number of hydrogen-bond donors (Lipinski definition) is 3. The third kappa shape index (κ3) is 3.98. The molecule has 3 N–H and O–H groups in total. The predicted molar refractivity (Wildman–Crippen MR) is 136 cm³/mol. The van der Waals surface area contributed by atoms with Gasteiger partial charge >= 0.3 is 0 Å². The van der Waals surface area contributed by atoms with Crippen LogP contribution in [0.3, 0.4) is 0 Å². The summed E-state index contributed by atoms with van der Waals surface area (Å²) < 4.78 is 7.59. The van der Waals surface area contributed by atoms with Crippen LogP contribution in [0, 0.1) is 6.92 Å². The first-order valence-corrected chi connectivity index (χ1v) is 11.2. The first kappa shape index (κ1) is 23.3. The maximum absolute atomic E-state index is 9.44. The van der Waals surface area contributed by atoms with E-state index < -0.39 is 0 Å². The number of aromatic amines is 1. The molecular weight excluding hydrogens is 430 g/mol. The van der Waals surface area contributed by atoms with E-state index in [-0.39, 0.29) is 0 Å². The zero-order valence-corrected chi connectivity index (χ0v) is 20.9. The van der Waals surface area contributed by atoms with E-state index in [1.165, 1.54) is 0 Å². The van der Waals surface area contributed by atoms with Gasteiger partial charge in [0.15, 0.2) is 0 Å². The second kappa shape index (κ2) is 8.81. The molecule has 1 aromatic carbocycles. The van der Waals surface area contributed by atoms with E-state index in [9.17, 15) is 5.21 Å². The molecule has 9 nitrogen and oxygen atoms in total. The lowest BCUT2D eigenvalue weighted by Gasteiger charge is -2.14. The second-order valence-corrected chi connectivity index (χ2v) is 8.98. The Balaban J connectivity index is 1.96. The molecule has 4 rings (SSSR count). The SMILES string of the molecule is COc1cc2c(cc1C(=C(C)C)/C(C)=N\O)[nH]c1nc(C)nc(Nc3cc(C(C)C)nn3C)c12. The van der Waals surface area contributed by atoms with Gasteiger partial charge in [-0.2, -0.15) is 5.10 Å². The summed E-state index contributed by atoms with van der Waals surface area (Å²) in [4.78, 5) is 12.8. The molecule has 0 spiro atoms. The van der Waals surface area contributed by atoms with Crippen LogP contribution in [0.5, 0.6) is 5.75 Å². The average Bonchev–Trinajstić information content (AvgIpc) is 3.32. The summed E-state index contributed by atoms with van der Waals surface area (Å²) in [6, 6.07) is 6.02. The summed E-state index contributed by atoms with van der Waals surface area (Å²) in [6.07, 6.45) is 0. The smallest absolute Gasteiger partial charge is 0.145 e. The highest BCUT2D eigenvalue weighted by molar-refractivity contribution is 6.25. The van der Waals surface area contributed by atoms with Gasteiger partial charge < -0.3 is 20.2 Å². The molecule has 0 radical (unpaired) electrons. The zero-order valence-electron chi connectivity index (χ0n) is 20.9. The normalized spacial score (nSPS) is 12.1. The molecule has 0 saturated heterocycles. The maximum atomic E-state index is 9.44. The molecule has 0 saturated carbocycles. The number of nitrogens with zero attached hydrogens (tertiary/aromatic N) is 5. The minimum atomic E-state index is 0.319. The number of aryl methyl sites for hydroxylation is 2. The van der Waals surface area contributed by atoms with Gasteiger partial charge in [-0.05, 0) is 45.7 Å². The molecule has 0 aliphatic carbocycles. The van der Waals surface area contributed by atoms with E-state index in [1.807, 2.05) is 50.7 Å². The second-order valence-electron chi connectivity index (χ2n) is 8.98. The Bertz CT molecular complexity index is 1450. The standard InChI is InChI=1S/C25H31N7O2/c1-12(2)18-11-21(32(7)30-18)29-25-23-16-10-20(34-8)17(22(13(3)4)14(5)31-33)9-19(16)28-24(23)26-15(6)27-25/h9-12,33H,1-8H3,(H2,26,27,28,29)/b31-14-. The number of hydrogen-bond acceptors (Lipinski definition) is 7. The van der Waals surface area contributed by atoms with E-state index in [0.29, 0.717) is 29.0 Å². The summed E-state index contributed by atoms with van der Waals surface area (Å²) in [5.74, 6) is 3.18. The van der Waals surface area contributed by atoms with Crippen molar-refractivity contribution in [3.63, 3.8) is 0 Å². The summed E-state index contributed by atoms with van der Waals surface area (Å²) in [5, 5.41) is 22.7. The molecule has 0 bridgehead atoms. The first-order chi connectivity index (χ1) is 16.1. The minimum absolute atomic E-state index is 0.319. The fourth-order valence-corrected chi connectivity index (χ4v) is 4.28. The van der Waals surface area contributed by atoms with Gasteiger partial charge in [0.05, 0.1) is 23.9 Å². The molecule has 34 heavy (non-hydrogen) atoms. The van der Waals surface area contributed by atoms with Crippen LogP contribution in [0.1, 0.15) is 57.6 Å². The Morgan fingerprint density at radius 1 is 1.18 bits per heavy atom. The van der Waals surface area contributed by atoms with Crippen molar-refractivity contribution in [3.05, 3.63) is 40.9 Å². The van der Waals surface area contributed by atoms with Gasteiger partial charge in [0, 0.05) is 35.2 Å². The maximum Gasteiger partial charge on any atom is 0.145 e. The van der Waals surface area contributed by atoms with Gasteiger partial charge in [-0.3, -0.25) is 4.68 Å². The van der Waals surface area contributed by atoms with Gasteiger partial charge in [-0.15, -0.1) is 0 Å². The number of allylic oxidation sites excluding steroid dienone is 2. The van der Waals surface area contributed by atoms with Gasteiger partial charge in [-0.1, -0.05) is 24.6 Å². The van der Waals surface area contributed by atoms with E-state index in [4.69, 9.17) is 9.72 Å². The van der Waals surface area contributed by atoms with Crippen molar-refractivity contribution in [1.29, 1.82) is 0 Å². The molecule has 3 heterocycles. The number of benzene rings is 1. The van der Waals surface area contributed by atoms with Crippen molar-refractivity contribution in [2.75, 3.05) is 12.4 Å². The largest absolute Gasteiger partial charge is 0.496 e. The third-order valence-corrected chi connectivity index (χ3v) is 5.90. The molecule has 3 aromatic heterocycles. The van der Waals surface area contributed by atoms with Crippen LogP contribution in [0.2, 0.25) is 0 Å². The van der Waals surface area contributed by atoms with Crippen LogP contribution in [-0.2, 0) is 7.05 Å². The molecule has 0 atom stereocenters. The molecule has 0 aliphatic rings. The van der Waals surface area contributed by atoms with Crippen molar-refractivity contribution >= 4 is 44.9 Å². The molecule has 4 aromatic rings. The quantitative estimate of drug-likeness (QED) is 0.194. The number of fused-ring (bicyclic) bond motifs is 3. The molecular formula is C25H31N7O2. The molecule has 178 valence electrons. The summed E-state index contributed by atoms with van der Waals surface area (Å²) in [6.45, 7) is 11.8. The lowest BCUT2D eigenvalue weighted by atomic mass is 9.95. The number of anilines is 2. The zero-order chi connectivity index (χ0) is 24.7. The fourth-order valence-electron chi connectivity index (χ4n) is 4.28. The summed E-state index contributed by atoms with van der Waals surface area (Å²) >= 11 is 0. The minimum Gasteiger partial charge on any atom is -0.496 e. The van der Waals surface area contributed by atoms with Crippen molar-refractivity contribution in [1.82, 2.24) is 24.7 Å². The highest BCUT2D eigenvalue weighted by Gasteiger charge is 2.20. The molecule has 0 amide bonds. The van der Waals surface area contributed by atoms with E-state index >= 15 is 0 Å². The lowest BCUT2D eigenvalue weighted by molar-refractivity contribution is 0.319.